The summed E-state index contributed by atoms with van der Waals surface area (Å²) in [4.78, 5) is 12.6. The van der Waals surface area contributed by atoms with E-state index in [1.807, 2.05) is 36.7 Å². The minimum absolute atomic E-state index is 0.117. The quantitative estimate of drug-likeness (QED) is 0.664. The summed E-state index contributed by atoms with van der Waals surface area (Å²) in [6.45, 7) is 6.83. The Hall–Kier alpha value is -0.940. The number of ketones is 1. The number of carbonyl (C=O) groups is 1. The number of aryl methyl sites for hydroxylation is 3. The van der Waals surface area contributed by atoms with Gasteiger partial charge in [0.25, 0.3) is 0 Å². The molecule has 0 amide bonds. The smallest absolute Gasteiger partial charge is 0.169 e. The van der Waals surface area contributed by atoms with Gasteiger partial charge in [-0.25, -0.2) is 0 Å². The van der Waals surface area contributed by atoms with Crippen molar-refractivity contribution in [3.63, 3.8) is 0 Å². The van der Waals surface area contributed by atoms with Gasteiger partial charge in [0.05, 0.1) is 22.3 Å². The van der Waals surface area contributed by atoms with Gasteiger partial charge in [-0.3, -0.25) is 9.48 Å². The summed E-state index contributed by atoms with van der Waals surface area (Å²) in [5, 5.41) is 4.54. The van der Waals surface area contributed by atoms with Crippen molar-refractivity contribution in [1.29, 1.82) is 0 Å². The number of halogens is 2. The number of Topliss-reactive ketones (excluding diaryl/α,β-unsaturated/α-hetero) is 1. The third-order valence-corrected chi connectivity index (χ3v) is 4.93. The van der Waals surface area contributed by atoms with E-state index >= 15 is 0 Å². The Morgan fingerprint density at radius 2 is 2.00 bits per heavy atom. The largest absolute Gasteiger partial charge is 0.294 e. The first-order chi connectivity index (χ1) is 9.97. The minimum atomic E-state index is 0.117. The molecule has 0 radical (unpaired) electrons. The lowest BCUT2D eigenvalue weighted by Crippen LogP contribution is -2.11. The highest BCUT2D eigenvalue weighted by atomic mass is 79.9. The molecule has 0 aliphatic carbocycles. The second-order valence-electron chi connectivity index (χ2n) is 4.94. The molecule has 0 saturated carbocycles. The predicted molar refractivity (Wildman–Crippen MR) is 91.9 cm³/mol. The molecule has 5 heteroatoms. The van der Waals surface area contributed by atoms with Gasteiger partial charge < -0.3 is 0 Å². The van der Waals surface area contributed by atoms with E-state index in [2.05, 4.69) is 43.9 Å². The molecule has 0 atom stereocenters. The molecular weight excluding hydrogens is 396 g/mol. The van der Waals surface area contributed by atoms with E-state index in [0.717, 1.165) is 44.4 Å². The average molecular weight is 414 g/mol. The minimum Gasteiger partial charge on any atom is -0.294 e. The summed E-state index contributed by atoms with van der Waals surface area (Å²) in [5.41, 5.74) is 3.72. The Morgan fingerprint density at radius 3 is 2.62 bits per heavy atom. The first-order valence-corrected chi connectivity index (χ1v) is 8.59. The van der Waals surface area contributed by atoms with Crippen LogP contribution in [0, 0.1) is 6.92 Å². The number of hydrogen-bond donors (Lipinski definition) is 0. The maximum absolute atomic E-state index is 12.6. The molecule has 0 bridgehead atoms. The van der Waals surface area contributed by atoms with Gasteiger partial charge in [0.2, 0.25) is 0 Å². The number of carbonyl (C=O) groups excluding carboxylic acids is 1. The van der Waals surface area contributed by atoms with Gasteiger partial charge in [-0.15, -0.1) is 0 Å². The van der Waals surface area contributed by atoms with Crippen LogP contribution in [0.25, 0.3) is 0 Å². The number of nitrogens with zero attached hydrogens (tertiary/aromatic N) is 2. The van der Waals surface area contributed by atoms with Crippen molar-refractivity contribution in [3.05, 3.63) is 49.7 Å². The highest BCUT2D eigenvalue weighted by Crippen LogP contribution is 2.25. The fourth-order valence-corrected chi connectivity index (χ4v) is 3.39. The first-order valence-electron chi connectivity index (χ1n) is 7.01. The zero-order chi connectivity index (χ0) is 15.6. The van der Waals surface area contributed by atoms with Gasteiger partial charge in [0, 0.05) is 16.6 Å². The standard InChI is InChI=1S/C16H18Br2N2O/c1-4-13-16(18)14(20(5-2)19-13)9-15(21)12-8-11(17)7-6-10(12)3/h6-8H,4-5,9H2,1-3H3. The molecule has 0 unspecified atom stereocenters. The molecule has 0 saturated heterocycles. The Bertz CT molecular complexity index is 677. The van der Waals surface area contributed by atoms with E-state index in [4.69, 9.17) is 0 Å². The van der Waals surface area contributed by atoms with Crippen LogP contribution in [0.2, 0.25) is 0 Å². The van der Waals surface area contributed by atoms with Crippen molar-refractivity contribution in [2.24, 2.45) is 0 Å². The van der Waals surface area contributed by atoms with Gasteiger partial charge in [-0.05, 0) is 53.9 Å². The summed E-state index contributed by atoms with van der Waals surface area (Å²) < 4.78 is 3.80. The van der Waals surface area contributed by atoms with Crippen LogP contribution in [0.15, 0.2) is 27.1 Å². The molecule has 0 aliphatic heterocycles. The van der Waals surface area contributed by atoms with Crippen LogP contribution in [-0.2, 0) is 19.4 Å². The van der Waals surface area contributed by atoms with Crippen LogP contribution in [0.4, 0.5) is 0 Å². The summed E-state index contributed by atoms with van der Waals surface area (Å²) >= 11 is 7.02. The maximum Gasteiger partial charge on any atom is 0.169 e. The molecule has 1 aromatic carbocycles. The van der Waals surface area contributed by atoms with Gasteiger partial charge in [0.1, 0.15) is 0 Å². The van der Waals surface area contributed by atoms with Gasteiger partial charge >= 0.3 is 0 Å². The maximum atomic E-state index is 12.6. The summed E-state index contributed by atoms with van der Waals surface area (Å²) in [6, 6.07) is 5.80. The Kier molecular flexibility index (Phi) is 5.38. The number of rotatable bonds is 5. The molecule has 0 spiro atoms. The molecule has 0 N–H and O–H groups in total. The highest BCUT2D eigenvalue weighted by molar-refractivity contribution is 9.10. The molecule has 0 aliphatic rings. The van der Waals surface area contributed by atoms with E-state index in [1.165, 1.54) is 0 Å². The van der Waals surface area contributed by atoms with Crippen molar-refractivity contribution < 1.29 is 4.79 Å². The van der Waals surface area contributed by atoms with E-state index in [9.17, 15) is 4.79 Å². The molecule has 2 aromatic rings. The van der Waals surface area contributed by atoms with Crippen molar-refractivity contribution >= 4 is 37.6 Å². The first kappa shape index (κ1) is 16.4. The van der Waals surface area contributed by atoms with Gasteiger partial charge in [-0.2, -0.15) is 5.10 Å². The highest BCUT2D eigenvalue weighted by Gasteiger charge is 2.18. The van der Waals surface area contributed by atoms with Gasteiger partial charge in [0.15, 0.2) is 5.78 Å². The molecule has 2 rings (SSSR count). The molecule has 21 heavy (non-hydrogen) atoms. The van der Waals surface area contributed by atoms with E-state index in [0.29, 0.717) is 6.42 Å². The lowest BCUT2D eigenvalue weighted by atomic mass is 10.0. The Balaban J connectivity index is 2.35. The zero-order valence-corrected chi connectivity index (χ0v) is 15.6. The van der Waals surface area contributed by atoms with E-state index in [1.54, 1.807) is 0 Å². The van der Waals surface area contributed by atoms with Crippen molar-refractivity contribution in [2.45, 2.75) is 40.2 Å². The van der Waals surface area contributed by atoms with E-state index < -0.39 is 0 Å². The fourth-order valence-electron chi connectivity index (χ4n) is 2.33. The van der Waals surface area contributed by atoms with Crippen LogP contribution in [0.1, 0.15) is 41.2 Å². The monoisotopic (exact) mass is 412 g/mol. The molecule has 3 nitrogen and oxygen atoms in total. The van der Waals surface area contributed by atoms with Crippen LogP contribution < -0.4 is 0 Å². The normalized spacial score (nSPS) is 10.9. The van der Waals surface area contributed by atoms with Crippen LogP contribution in [0.3, 0.4) is 0 Å². The van der Waals surface area contributed by atoms with Crippen molar-refractivity contribution in [3.8, 4) is 0 Å². The SMILES string of the molecule is CCc1nn(CC)c(CC(=O)c2cc(Br)ccc2C)c1Br. The van der Waals surface area contributed by atoms with Crippen LogP contribution in [0.5, 0.6) is 0 Å². The fraction of sp³-hybridized carbons (Fsp3) is 0.375. The zero-order valence-electron chi connectivity index (χ0n) is 12.4. The number of benzene rings is 1. The summed E-state index contributed by atoms with van der Waals surface area (Å²) in [7, 11) is 0. The predicted octanol–water partition coefficient (Wildman–Crippen LogP) is 4.72. The average Bonchev–Trinajstić information content (AvgIpc) is 2.77. The Labute approximate surface area is 142 Å². The second-order valence-corrected chi connectivity index (χ2v) is 6.64. The molecular formula is C16H18Br2N2O. The van der Waals surface area contributed by atoms with Crippen LogP contribution >= 0.6 is 31.9 Å². The molecule has 1 aromatic heterocycles. The summed E-state index contributed by atoms with van der Waals surface area (Å²) in [5.74, 6) is 0.117. The van der Waals surface area contributed by atoms with Gasteiger partial charge in [-0.1, -0.05) is 28.9 Å². The molecule has 1 heterocycles. The second kappa shape index (κ2) is 6.88. The number of hydrogen-bond acceptors (Lipinski definition) is 2. The van der Waals surface area contributed by atoms with Crippen molar-refractivity contribution in [2.75, 3.05) is 0 Å². The number of aromatic nitrogens is 2. The van der Waals surface area contributed by atoms with Crippen molar-refractivity contribution in [1.82, 2.24) is 9.78 Å². The lowest BCUT2D eigenvalue weighted by Gasteiger charge is -2.08. The Morgan fingerprint density at radius 1 is 1.29 bits per heavy atom. The van der Waals surface area contributed by atoms with Crippen LogP contribution in [-0.4, -0.2) is 15.6 Å². The lowest BCUT2D eigenvalue weighted by molar-refractivity contribution is 0.0989. The third kappa shape index (κ3) is 3.46. The molecule has 112 valence electrons. The topological polar surface area (TPSA) is 34.9 Å². The molecule has 0 fully saturated rings. The van der Waals surface area contributed by atoms with E-state index in [-0.39, 0.29) is 5.78 Å². The third-order valence-electron chi connectivity index (χ3n) is 3.52. The summed E-state index contributed by atoms with van der Waals surface area (Å²) in [6.07, 6.45) is 1.21.